The first-order chi connectivity index (χ1) is 7.84. The van der Waals surface area contributed by atoms with Crippen LogP contribution in [0.5, 0.6) is 0 Å². The lowest BCUT2D eigenvalue weighted by Crippen LogP contribution is -1.89. The van der Waals surface area contributed by atoms with Gasteiger partial charge in [0, 0.05) is 17.1 Å². The Morgan fingerprint density at radius 1 is 1.12 bits per heavy atom. The summed E-state index contributed by atoms with van der Waals surface area (Å²) < 4.78 is 0. The highest BCUT2D eigenvalue weighted by Gasteiger charge is 2.08. The molecule has 0 fully saturated rings. The van der Waals surface area contributed by atoms with Crippen LogP contribution in [0.3, 0.4) is 0 Å². The number of nitrogens with one attached hydrogen (secondary N) is 1. The quantitative estimate of drug-likeness (QED) is 0.654. The fourth-order valence-electron chi connectivity index (χ4n) is 1.65. The van der Waals surface area contributed by atoms with E-state index < -0.39 is 0 Å². The monoisotopic (exact) mass is 230 g/mol. The van der Waals surface area contributed by atoms with Crippen molar-refractivity contribution in [1.29, 1.82) is 0 Å². The van der Waals surface area contributed by atoms with Crippen molar-refractivity contribution >= 4 is 22.5 Å². The van der Waals surface area contributed by atoms with E-state index >= 15 is 0 Å². The van der Waals surface area contributed by atoms with Gasteiger partial charge < -0.3 is 0 Å². The van der Waals surface area contributed by atoms with Crippen LogP contribution in [0.2, 0.25) is 5.28 Å². The number of halogens is 1. The number of aromatic amines is 1. The number of para-hydroxylation sites is 1. The van der Waals surface area contributed by atoms with Crippen LogP contribution in [0.4, 0.5) is 0 Å². The first-order valence-corrected chi connectivity index (χ1v) is 5.14. The van der Waals surface area contributed by atoms with Gasteiger partial charge in [-0.3, -0.25) is 5.10 Å². The van der Waals surface area contributed by atoms with Crippen LogP contribution in [0.25, 0.3) is 22.2 Å². The highest BCUT2D eigenvalue weighted by atomic mass is 35.5. The van der Waals surface area contributed by atoms with Crippen molar-refractivity contribution in [2.24, 2.45) is 0 Å². The van der Waals surface area contributed by atoms with Crippen molar-refractivity contribution in [2.45, 2.75) is 0 Å². The molecule has 0 atom stereocenters. The number of hydrogen-bond donors (Lipinski definition) is 1. The van der Waals surface area contributed by atoms with Crippen LogP contribution in [-0.4, -0.2) is 20.2 Å². The van der Waals surface area contributed by atoms with E-state index in [4.69, 9.17) is 11.6 Å². The molecule has 2 aromatic heterocycles. The van der Waals surface area contributed by atoms with Gasteiger partial charge in [-0.1, -0.05) is 18.2 Å². The van der Waals surface area contributed by atoms with E-state index in [0.29, 0.717) is 0 Å². The van der Waals surface area contributed by atoms with Crippen molar-refractivity contribution in [1.82, 2.24) is 20.2 Å². The first-order valence-electron chi connectivity index (χ1n) is 4.76. The molecule has 3 aromatic rings. The molecular formula is C11H7ClN4. The van der Waals surface area contributed by atoms with Crippen LogP contribution in [-0.2, 0) is 0 Å². The van der Waals surface area contributed by atoms with Gasteiger partial charge in [0.1, 0.15) is 0 Å². The molecule has 0 unspecified atom stereocenters. The zero-order valence-electron chi connectivity index (χ0n) is 8.18. The summed E-state index contributed by atoms with van der Waals surface area (Å²) in [5.41, 5.74) is 2.53. The van der Waals surface area contributed by atoms with Gasteiger partial charge in [0.2, 0.25) is 5.28 Å². The molecule has 5 heteroatoms. The molecule has 16 heavy (non-hydrogen) atoms. The summed E-state index contributed by atoms with van der Waals surface area (Å²) in [7, 11) is 0. The highest BCUT2D eigenvalue weighted by molar-refractivity contribution is 6.28. The minimum Gasteiger partial charge on any atom is -0.285 e. The van der Waals surface area contributed by atoms with Crippen molar-refractivity contribution < 1.29 is 0 Å². The summed E-state index contributed by atoms with van der Waals surface area (Å²) in [6, 6.07) is 7.74. The average molecular weight is 231 g/mol. The molecule has 0 aliphatic heterocycles. The number of rotatable bonds is 1. The van der Waals surface area contributed by atoms with E-state index in [2.05, 4.69) is 20.2 Å². The Morgan fingerprint density at radius 3 is 2.81 bits per heavy atom. The normalized spacial score (nSPS) is 10.8. The standard InChI is InChI=1S/C11H7ClN4/c12-11-15-9-4-2-1-3-8(9)10(16-11)7-5-13-14-6-7/h1-6H,(H,13,14). The van der Waals surface area contributed by atoms with Crippen LogP contribution in [0.15, 0.2) is 36.7 Å². The highest BCUT2D eigenvalue weighted by Crippen LogP contribution is 2.25. The average Bonchev–Trinajstić information content (AvgIpc) is 2.81. The maximum Gasteiger partial charge on any atom is 0.223 e. The smallest absolute Gasteiger partial charge is 0.223 e. The van der Waals surface area contributed by atoms with Gasteiger partial charge in [0.15, 0.2) is 0 Å². The zero-order chi connectivity index (χ0) is 11.0. The second-order valence-electron chi connectivity index (χ2n) is 3.35. The molecule has 1 aromatic carbocycles. The molecule has 3 rings (SSSR count). The summed E-state index contributed by atoms with van der Waals surface area (Å²) in [6.07, 6.45) is 3.50. The SMILES string of the molecule is Clc1nc(-c2cn[nH]c2)c2ccccc2n1. The third-order valence-electron chi connectivity index (χ3n) is 2.35. The summed E-state index contributed by atoms with van der Waals surface area (Å²) in [6.45, 7) is 0. The van der Waals surface area contributed by atoms with Crippen LogP contribution < -0.4 is 0 Å². The Labute approximate surface area is 96.3 Å². The molecule has 1 N–H and O–H groups in total. The second-order valence-corrected chi connectivity index (χ2v) is 3.68. The van der Waals surface area contributed by atoms with Gasteiger partial charge in [-0.25, -0.2) is 9.97 Å². The number of nitrogens with zero attached hydrogens (tertiary/aromatic N) is 3. The summed E-state index contributed by atoms with van der Waals surface area (Å²) in [5, 5.41) is 7.88. The third-order valence-corrected chi connectivity index (χ3v) is 2.52. The van der Waals surface area contributed by atoms with Gasteiger partial charge in [-0.15, -0.1) is 0 Å². The third kappa shape index (κ3) is 1.44. The molecule has 0 amide bonds. The molecule has 2 heterocycles. The molecule has 0 saturated heterocycles. The lowest BCUT2D eigenvalue weighted by atomic mass is 10.1. The molecule has 0 bridgehead atoms. The van der Waals surface area contributed by atoms with Gasteiger partial charge in [-0.05, 0) is 17.7 Å². The van der Waals surface area contributed by atoms with E-state index in [1.165, 1.54) is 0 Å². The van der Waals surface area contributed by atoms with E-state index in [-0.39, 0.29) is 5.28 Å². The van der Waals surface area contributed by atoms with E-state index in [1.807, 2.05) is 24.3 Å². The van der Waals surface area contributed by atoms with Crippen LogP contribution in [0.1, 0.15) is 0 Å². The Balaban J connectivity index is 2.39. The summed E-state index contributed by atoms with van der Waals surface area (Å²) >= 11 is 5.89. The maximum absolute atomic E-state index is 5.89. The number of hydrogen-bond acceptors (Lipinski definition) is 3. The van der Waals surface area contributed by atoms with Gasteiger partial charge >= 0.3 is 0 Å². The minimum absolute atomic E-state index is 0.245. The number of fused-ring (bicyclic) bond motifs is 1. The molecule has 0 spiro atoms. The second kappa shape index (κ2) is 3.57. The fraction of sp³-hybridized carbons (Fsp3) is 0. The van der Waals surface area contributed by atoms with Gasteiger partial charge in [-0.2, -0.15) is 5.10 Å². The van der Waals surface area contributed by atoms with E-state index in [0.717, 1.165) is 22.2 Å². The maximum atomic E-state index is 5.89. The molecule has 0 aliphatic carbocycles. The Morgan fingerprint density at radius 2 is 2.00 bits per heavy atom. The fourth-order valence-corrected chi connectivity index (χ4v) is 1.82. The van der Waals surface area contributed by atoms with Crippen molar-refractivity contribution in [3.63, 3.8) is 0 Å². The van der Waals surface area contributed by atoms with Gasteiger partial charge in [0.25, 0.3) is 0 Å². The van der Waals surface area contributed by atoms with E-state index in [1.54, 1.807) is 12.4 Å². The lowest BCUT2D eigenvalue weighted by molar-refractivity contribution is 1.09. The number of H-pyrrole nitrogens is 1. The van der Waals surface area contributed by atoms with Gasteiger partial charge in [0.05, 0.1) is 17.4 Å². The Hall–Kier alpha value is -1.94. The predicted molar refractivity (Wildman–Crippen MR) is 62.1 cm³/mol. The molecule has 78 valence electrons. The first kappa shape index (κ1) is 9.30. The van der Waals surface area contributed by atoms with Crippen LogP contribution >= 0.6 is 11.6 Å². The lowest BCUT2D eigenvalue weighted by Gasteiger charge is -2.03. The molecule has 4 nitrogen and oxygen atoms in total. The summed E-state index contributed by atoms with van der Waals surface area (Å²) in [4.78, 5) is 8.41. The molecule has 0 saturated carbocycles. The largest absolute Gasteiger partial charge is 0.285 e. The predicted octanol–water partition coefficient (Wildman–Crippen LogP) is 2.67. The summed E-state index contributed by atoms with van der Waals surface area (Å²) in [5.74, 6) is 0. The molecular weight excluding hydrogens is 224 g/mol. The molecule has 0 radical (unpaired) electrons. The Kier molecular flexibility index (Phi) is 2.08. The van der Waals surface area contributed by atoms with Crippen LogP contribution in [0, 0.1) is 0 Å². The number of aromatic nitrogens is 4. The molecule has 0 aliphatic rings. The van der Waals surface area contributed by atoms with Crippen molar-refractivity contribution in [3.05, 3.63) is 41.9 Å². The van der Waals surface area contributed by atoms with Crippen molar-refractivity contribution in [2.75, 3.05) is 0 Å². The van der Waals surface area contributed by atoms with E-state index in [9.17, 15) is 0 Å². The minimum atomic E-state index is 0.245. The topological polar surface area (TPSA) is 54.5 Å². The van der Waals surface area contributed by atoms with Crippen molar-refractivity contribution in [3.8, 4) is 11.3 Å². The Bertz CT molecular complexity index is 634. The number of benzene rings is 1. The zero-order valence-corrected chi connectivity index (χ0v) is 8.94.